The second-order valence-corrected chi connectivity index (χ2v) is 11.6. The predicted octanol–water partition coefficient (Wildman–Crippen LogP) is 11.6. The maximum atomic E-state index is 3.54. The predicted molar refractivity (Wildman–Crippen MR) is 205 cm³/mol. The van der Waals surface area contributed by atoms with Gasteiger partial charge in [-0.2, -0.15) is 5.57 Å². The van der Waals surface area contributed by atoms with Crippen LogP contribution in [-0.2, 0) is 51.9 Å². The van der Waals surface area contributed by atoms with Gasteiger partial charge in [0.1, 0.15) is 0 Å². The van der Waals surface area contributed by atoms with Crippen LogP contribution in [0.4, 0.5) is 0 Å². The minimum atomic E-state index is 0. The molecule has 0 saturated heterocycles. The first kappa shape index (κ1) is 40.5. The van der Waals surface area contributed by atoms with E-state index < -0.39 is 0 Å². The van der Waals surface area contributed by atoms with E-state index in [0.29, 0.717) is 0 Å². The molecule has 10 radical (unpaired) electrons. The van der Waals surface area contributed by atoms with Gasteiger partial charge in [-0.15, -0.1) is 11.1 Å². The van der Waals surface area contributed by atoms with Crippen molar-refractivity contribution in [3.63, 3.8) is 0 Å². The Kier molecular flexibility index (Phi) is 19.3. The van der Waals surface area contributed by atoms with E-state index in [1.165, 1.54) is 33.4 Å². The van der Waals surface area contributed by atoms with Crippen molar-refractivity contribution in [2.24, 2.45) is 0 Å². The maximum absolute atomic E-state index is 3.54. The van der Waals surface area contributed by atoms with Crippen LogP contribution in [0.3, 0.4) is 0 Å². The molecule has 0 heterocycles. The van der Waals surface area contributed by atoms with E-state index in [1.54, 1.807) is 0 Å². The normalized spacial score (nSPS) is 13.2. The topological polar surface area (TPSA) is 0 Å². The van der Waals surface area contributed by atoms with Gasteiger partial charge in [-0.25, -0.2) is 6.08 Å². The monoisotopic (exact) mass is 714 g/mol. The van der Waals surface area contributed by atoms with Crippen molar-refractivity contribution in [2.45, 2.75) is 59.3 Å². The SMILES string of the molecule is CCc1ccc(C(=[C-]C=C=[C-]C(c2ccc(CC)cc2)c2ccc(CC)cc2)c2ccc(CC)cc2)cc1.[CH]1[CH][CH][CH][CH]1.[CH]1[CH][CH][CH][CH]1.[Zr+4]. The molecule has 0 unspecified atom stereocenters. The molecule has 1 heteroatoms. The fourth-order valence-corrected chi connectivity index (χ4v) is 5.27. The van der Waals surface area contributed by atoms with Crippen molar-refractivity contribution in [2.75, 3.05) is 0 Å². The molecular formula is C48H48Zr+2. The summed E-state index contributed by atoms with van der Waals surface area (Å²) in [5.41, 5.74) is 14.5. The molecule has 0 aliphatic heterocycles. The Hall–Kier alpha value is -2.98. The van der Waals surface area contributed by atoms with Crippen LogP contribution < -0.4 is 0 Å². The summed E-state index contributed by atoms with van der Waals surface area (Å²) in [5, 5.41) is 0. The molecule has 4 aromatic carbocycles. The minimum absolute atomic E-state index is 0. The summed E-state index contributed by atoms with van der Waals surface area (Å²) in [6, 6.07) is 35.4. The van der Waals surface area contributed by atoms with Crippen molar-refractivity contribution >= 4 is 5.57 Å². The average molecular weight is 716 g/mol. The van der Waals surface area contributed by atoms with Crippen LogP contribution in [0.25, 0.3) is 5.57 Å². The first-order valence-electron chi connectivity index (χ1n) is 17.3. The standard InChI is InChI=1S/C38H38.2C5H5.Zr/c1-5-29-13-21-33(22-14-29)37(34-23-15-30(6-2)16-24-34)11-9-10-12-38(35-25-17-31(7-3)18-26-35)36-27-19-32(8-4)20-28-36;2*1-2-4-5-3-1;/h9,13-28,38H,5-8H2,1-4H3;2*1-5H;/q-2;;;+4. The van der Waals surface area contributed by atoms with E-state index in [4.69, 9.17) is 0 Å². The van der Waals surface area contributed by atoms with Crippen molar-refractivity contribution < 1.29 is 26.2 Å². The molecule has 0 amide bonds. The number of hydrogen-bond acceptors (Lipinski definition) is 0. The van der Waals surface area contributed by atoms with E-state index in [1.807, 2.05) is 70.3 Å². The van der Waals surface area contributed by atoms with Crippen molar-refractivity contribution in [1.29, 1.82) is 0 Å². The van der Waals surface area contributed by atoms with E-state index in [2.05, 4.69) is 143 Å². The summed E-state index contributed by atoms with van der Waals surface area (Å²) < 4.78 is 0. The van der Waals surface area contributed by atoms with Gasteiger partial charge in [0.25, 0.3) is 0 Å². The summed E-state index contributed by atoms with van der Waals surface area (Å²) in [5.74, 6) is 0.0148. The summed E-state index contributed by atoms with van der Waals surface area (Å²) in [7, 11) is 0. The maximum Gasteiger partial charge on any atom is 4.00 e. The molecule has 0 spiro atoms. The van der Waals surface area contributed by atoms with Crippen LogP contribution >= 0.6 is 0 Å². The van der Waals surface area contributed by atoms with Gasteiger partial charge in [0.2, 0.25) is 0 Å². The molecule has 2 fully saturated rings. The van der Waals surface area contributed by atoms with Gasteiger partial charge in [-0.3, -0.25) is 12.2 Å². The van der Waals surface area contributed by atoms with Gasteiger partial charge >= 0.3 is 26.2 Å². The van der Waals surface area contributed by atoms with Crippen LogP contribution in [0.5, 0.6) is 0 Å². The Bertz CT molecular complexity index is 1420. The third-order valence-electron chi connectivity index (χ3n) is 8.37. The van der Waals surface area contributed by atoms with Crippen LogP contribution in [0, 0.1) is 76.4 Å². The molecule has 0 N–H and O–H groups in total. The van der Waals surface area contributed by atoms with E-state index in [-0.39, 0.29) is 32.1 Å². The van der Waals surface area contributed by atoms with E-state index >= 15 is 0 Å². The fourth-order valence-electron chi connectivity index (χ4n) is 5.27. The zero-order valence-corrected chi connectivity index (χ0v) is 32.0. The number of allylic oxidation sites excluding steroid dienone is 2. The summed E-state index contributed by atoms with van der Waals surface area (Å²) in [4.78, 5) is 0. The molecular weight excluding hydrogens is 668 g/mol. The third kappa shape index (κ3) is 13.7. The summed E-state index contributed by atoms with van der Waals surface area (Å²) in [6.45, 7) is 8.76. The summed E-state index contributed by atoms with van der Waals surface area (Å²) >= 11 is 0. The van der Waals surface area contributed by atoms with Crippen molar-refractivity contribution in [3.8, 4) is 0 Å². The number of aryl methyl sites for hydroxylation is 4. The van der Waals surface area contributed by atoms with Crippen molar-refractivity contribution in [3.05, 3.63) is 230 Å². The van der Waals surface area contributed by atoms with Gasteiger partial charge in [0.05, 0.1) is 0 Å². The second kappa shape index (κ2) is 23.4. The Morgan fingerprint density at radius 2 is 0.755 bits per heavy atom. The Balaban J connectivity index is 0.000000504. The van der Waals surface area contributed by atoms with E-state index in [0.717, 1.165) is 42.4 Å². The molecule has 242 valence electrons. The first-order valence-corrected chi connectivity index (χ1v) is 17.3. The largest absolute Gasteiger partial charge is 4.00 e. The van der Waals surface area contributed by atoms with Crippen LogP contribution in [-0.4, -0.2) is 0 Å². The molecule has 0 aromatic heterocycles. The Morgan fingerprint density at radius 1 is 0.469 bits per heavy atom. The van der Waals surface area contributed by atoms with Gasteiger partial charge in [-0.1, -0.05) is 136 Å². The van der Waals surface area contributed by atoms with Crippen LogP contribution in [0.1, 0.15) is 78.1 Å². The van der Waals surface area contributed by atoms with Gasteiger partial charge < -0.3 is 5.73 Å². The molecule has 4 aromatic rings. The fraction of sp³-hybridized carbons (Fsp3) is 0.188. The number of rotatable bonds is 10. The second-order valence-electron chi connectivity index (χ2n) is 11.6. The smallest absolute Gasteiger partial charge is 0.443 e. The van der Waals surface area contributed by atoms with Gasteiger partial charge in [-0.05, 0) is 118 Å². The molecule has 0 atom stereocenters. The zero-order valence-electron chi connectivity index (χ0n) is 29.5. The van der Waals surface area contributed by atoms with Gasteiger partial charge in [0.15, 0.2) is 0 Å². The number of benzene rings is 4. The molecule has 0 bridgehead atoms. The molecule has 2 aliphatic carbocycles. The summed E-state index contributed by atoms with van der Waals surface area (Å²) in [6.07, 6.45) is 33.1. The van der Waals surface area contributed by atoms with Crippen molar-refractivity contribution in [1.82, 2.24) is 0 Å². The molecule has 0 nitrogen and oxygen atoms in total. The molecule has 2 saturated carbocycles. The Morgan fingerprint density at radius 3 is 1.04 bits per heavy atom. The minimum Gasteiger partial charge on any atom is -0.443 e. The Labute approximate surface area is 319 Å². The van der Waals surface area contributed by atoms with Crippen LogP contribution in [0.2, 0.25) is 0 Å². The molecule has 6 rings (SSSR count). The number of hydrogen-bond donors (Lipinski definition) is 0. The van der Waals surface area contributed by atoms with E-state index in [9.17, 15) is 0 Å². The van der Waals surface area contributed by atoms with Crippen LogP contribution in [0.15, 0.2) is 109 Å². The average Bonchev–Trinajstić information content (AvgIpc) is 3.95. The van der Waals surface area contributed by atoms with Gasteiger partial charge in [0, 0.05) is 0 Å². The zero-order chi connectivity index (χ0) is 33.8. The first-order chi connectivity index (χ1) is 23.6. The molecule has 49 heavy (non-hydrogen) atoms. The molecule has 2 aliphatic rings. The third-order valence-corrected chi connectivity index (χ3v) is 8.37. The quantitative estimate of drug-likeness (QED) is 0.0871.